The van der Waals surface area contributed by atoms with Gasteiger partial charge in [0, 0.05) is 24.2 Å². The molecule has 0 aromatic carbocycles. The Labute approximate surface area is 103 Å². The van der Waals surface area contributed by atoms with Crippen molar-refractivity contribution < 1.29 is 0 Å². The lowest BCUT2D eigenvalue weighted by Crippen LogP contribution is -2.16. The van der Waals surface area contributed by atoms with Gasteiger partial charge in [-0.3, -0.25) is 4.57 Å². The minimum absolute atomic E-state index is 0.862. The summed E-state index contributed by atoms with van der Waals surface area (Å²) in [6.45, 7) is 6.69. The molecule has 0 fully saturated rings. The second kappa shape index (κ2) is 4.56. The number of hydrogen-bond donors (Lipinski definition) is 0. The fourth-order valence-corrected chi connectivity index (χ4v) is 1.79. The van der Waals surface area contributed by atoms with E-state index < -0.39 is 8.07 Å². The Morgan fingerprint density at radius 1 is 1.24 bits per heavy atom. The average Bonchev–Trinajstić information content (AvgIpc) is 2.79. The molecule has 2 aromatic heterocycles. The first-order valence-electron chi connectivity index (χ1n) is 5.52. The molecule has 0 unspecified atom stereocenters. The zero-order valence-electron chi connectivity index (χ0n) is 10.3. The van der Waals surface area contributed by atoms with E-state index in [1.165, 1.54) is 0 Å². The van der Waals surface area contributed by atoms with Crippen molar-refractivity contribution >= 4 is 8.07 Å². The van der Waals surface area contributed by atoms with Crippen molar-refractivity contribution in [2.24, 2.45) is 0 Å². The van der Waals surface area contributed by atoms with E-state index in [4.69, 9.17) is 0 Å². The van der Waals surface area contributed by atoms with Crippen LogP contribution < -0.4 is 0 Å². The van der Waals surface area contributed by atoms with Crippen molar-refractivity contribution in [3.63, 3.8) is 0 Å². The highest BCUT2D eigenvalue weighted by molar-refractivity contribution is 6.83. The third-order valence-electron chi connectivity index (χ3n) is 2.10. The highest BCUT2D eigenvalue weighted by atomic mass is 28.3. The van der Waals surface area contributed by atoms with E-state index in [-0.39, 0.29) is 0 Å². The number of hydrogen-bond acceptors (Lipinski definition) is 2. The summed E-state index contributed by atoms with van der Waals surface area (Å²) >= 11 is 0. The van der Waals surface area contributed by atoms with E-state index in [1.807, 2.05) is 29.1 Å². The molecular formula is C13H15N3Si. The minimum Gasteiger partial charge on any atom is -0.291 e. The highest BCUT2D eigenvalue weighted by Crippen LogP contribution is 2.05. The molecule has 0 N–H and O–H groups in total. The number of rotatable bonds is 1. The monoisotopic (exact) mass is 241 g/mol. The van der Waals surface area contributed by atoms with Gasteiger partial charge in [-0.05, 0) is 12.1 Å². The molecule has 0 saturated carbocycles. The molecular weight excluding hydrogens is 226 g/mol. The summed E-state index contributed by atoms with van der Waals surface area (Å²) in [5.41, 5.74) is 4.29. The third kappa shape index (κ3) is 3.30. The summed E-state index contributed by atoms with van der Waals surface area (Å²) in [5, 5.41) is 0. The van der Waals surface area contributed by atoms with E-state index in [2.05, 4.69) is 41.1 Å². The molecule has 0 radical (unpaired) electrons. The molecule has 2 aromatic rings. The van der Waals surface area contributed by atoms with Crippen molar-refractivity contribution in [1.82, 2.24) is 14.5 Å². The summed E-state index contributed by atoms with van der Waals surface area (Å²) in [6.07, 6.45) is 7.15. The van der Waals surface area contributed by atoms with Gasteiger partial charge in [-0.25, -0.2) is 9.97 Å². The Kier molecular flexibility index (Phi) is 3.11. The second-order valence-corrected chi connectivity index (χ2v) is 9.63. The first-order valence-corrected chi connectivity index (χ1v) is 9.02. The molecule has 0 bridgehead atoms. The van der Waals surface area contributed by atoms with Gasteiger partial charge in [-0.15, -0.1) is 5.54 Å². The van der Waals surface area contributed by atoms with Gasteiger partial charge in [0.2, 0.25) is 0 Å². The topological polar surface area (TPSA) is 30.7 Å². The molecule has 0 aliphatic heterocycles. The summed E-state index contributed by atoms with van der Waals surface area (Å²) in [4.78, 5) is 8.35. The van der Waals surface area contributed by atoms with Gasteiger partial charge in [0.05, 0.1) is 0 Å². The summed E-state index contributed by atoms with van der Waals surface area (Å²) in [7, 11) is -1.31. The predicted octanol–water partition coefficient (Wildman–Crippen LogP) is 2.50. The van der Waals surface area contributed by atoms with E-state index in [1.54, 1.807) is 12.5 Å². The second-order valence-electron chi connectivity index (χ2n) is 4.88. The van der Waals surface area contributed by atoms with Gasteiger partial charge in [0.15, 0.2) is 0 Å². The summed E-state index contributed by atoms with van der Waals surface area (Å²) in [5.74, 6) is 4.04. The number of nitrogens with zero attached hydrogens (tertiary/aromatic N) is 3. The summed E-state index contributed by atoms with van der Waals surface area (Å²) < 4.78 is 1.87. The Balaban J connectivity index is 2.21. The van der Waals surface area contributed by atoms with Crippen LogP contribution in [0.25, 0.3) is 5.82 Å². The van der Waals surface area contributed by atoms with E-state index >= 15 is 0 Å². The van der Waals surface area contributed by atoms with Gasteiger partial charge in [0.1, 0.15) is 20.2 Å². The number of pyridine rings is 1. The quantitative estimate of drug-likeness (QED) is 0.567. The highest BCUT2D eigenvalue weighted by Gasteiger charge is 2.07. The Hall–Kier alpha value is -1.86. The van der Waals surface area contributed by atoms with Gasteiger partial charge in [-0.1, -0.05) is 25.6 Å². The molecule has 17 heavy (non-hydrogen) atoms. The lowest BCUT2D eigenvalue weighted by atomic mass is 10.3. The Bertz CT molecular complexity index is 539. The van der Waals surface area contributed by atoms with Gasteiger partial charge in [-0.2, -0.15) is 0 Å². The van der Waals surface area contributed by atoms with Crippen LogP contribution in [0.15, 0.2) is 37.1 Å². The molecule has 0 saturated heterocycles. The maximum absolute atomic E-state index is 4.36. The summed E-state index contributed by atoms with van der Waals surface area (Å²) in [6, 6.07) is 3.95. The molecule has 0 aliphatic carbocycles. The van der Waals surface area contributed by atoms with Crippen LogP contribution in [-0.4, -0.2) is 22.6 Å². The zero-order valence-corrected chi connectivity index (χ0v) is 11.3. The molecule has 86 valence electrons. The SMILES string of the molecule is C[Si](C)(C)C#Cc1ccc(-n2ccnc2)nc1. The lowest BCUT2D eigenvalue weighted by molar-refractivity contribution is 0.992. The molecule has 2 heterocycles. The van der Waals surface area contributed by atoms with Crippen LogP contribution in [0.1, 0.15) is 5.56 Å². The maximum atomic E-state index is 4.36. The molecule has 2 rings (SSSR count). The van der Waals surface area contributed by atoms with Crippen LogP contribution in [0.5, 0.6) is 0 Å². The Morgan fingerprint density at radius 2 is 2.06 bits per heavy atom. The number of imidazole rings is 1. The fourth-order valence-electron chi connectivity index (χ4n) is 1.27. The van der Waals surface area contributed by atoms with Crippen molar-refractivity contribution in [2.75, 3.05) is 0 Å². The van der Waals surface area contributed by atoms with Crippen LogP contribution in [-0.2, 0) is 0 Å². The van der Waals surface area contributed by atoms with Crippen LogP contribution in [0, 0.1) is 11.5 Å². The molecule has 0 aliphatic rings. The van der Waals surface area contributed by atoms with Crippen LogP contribution in [0.4, 0.5) is 0 Å². The van der Waals surface area contributed by atoms with Crippen molar-refractivity contribution in [3.8, 4) is 17.3 Å². The van der Waals surface area contributed by atoms with Crippen molar-refractivity contribution in [3.05, 3.63) is 42.6 Å². The van der Waals surface area contributed by atoms with Gasteiger partial charge < -0.3 is 0 Å². The molecule has 3 nitrogen and oxygen atoms in total. The normalized spacial score (nSPS) is 10.8. The molecule has 0 amide bonds. The largest absolute Gasteiger partial charge is 0.291 e. The van der Waals surface area contributed by atoms with Gasteiger partial charge >= 0.3 is 0 Å². The smallest absolute Gasteiger partial charge is 0.137 e. The average molecular weight is 241 g/mol. The van der Waals surface area contributed by atoms with E-state index in [0.717, 1.165) is 11.4 Å². The van der Waals surface area contributed by atoms with Gasteiger partial charge in [0.25, 0.3) is 0 Å². The third-order valence-corrected chi connectivity index (χ3v) is 2.97. The lowest BCUT2D eigenvalue weighted by Gasteiger charge is -2.03. The van der Waals surface area contributed by atoms with E-state index in [0.29, 0.717) is 0 Å². The maximum Gasteiger partial charge on any atom is 0.137 e. The number of aromatic nitrogens is 3. The fraction of sp³-hybridized carbons (Fsp3) is 0.231. The van der Waals surface area contributed by atoms with E-state index in [9.17, 15) is 0 Å². The standard InChI is InChI=1S/C13H15N3Si/c1-17(2,3)9-6-12-4-5-13(15-10-12)16-8-7-14-11-16/h4-5,7-8,10-11H,1-3H3. The Morgan fingerprint density at radius 3 is 2.59 bits per heavy atom. The van der Waals surface area contributed by atoms with Crippen LogP contribution >= 0.6 is 0 Å². The molecule has 0 atom stereocenters. The van der Waals surface area contributed by atoms with Crippen molar-refractivity contribution in [1.29, 1.82) is 0 Å². The zero-order chi connectivity index (χ0) is 12.3. The van der Waals surface area contributed by atoms with Crippen LogP contribution in [0.3, 0.4) is 0 Å². The van der Waals surface area contributed by atoms with Crippen molar-refractivity contribution in [2.45, 2.75) is 19.6 Å². The molecule has 0 spiro atoms. The molecule has 4 heteroatoms. The first kappa shape index (κ1) is 11.6. The van der Waals surface area contributed by atoms with Crippen LogP contribution in [0.2, 0.25) is 19.6 Å². The first-order chi connectivity index (χ1) is 8.04. The predicted molar refractivity (Wildman–Crippen MR) is 71.6 cm³/mol. The minimum atomic E-state index is -1.31.